The molecule has 9 heteroatoms. The molecule has 0 amide bonds. The van der Waals surface area contributed by atoms with E-state index in [4.69, 9.17) is 0 Å². The standard InChI is InChI=1S/C21H23N5O3S/c1-14(27)16-5-11-19(12-6-16)30(28,29)25-18-9-7-17(8-10-18)24-20-13-21(26(3)4)23-15(2)22-20/h5-13,25H,1-4H3,(H,22,23,24). The number of carbonyl (C=O) groups is 1. The van der Waals surface area contributed by atoms with E-state index in [2.05, 4.69) is 20.0 Å². The molecule has 0 bridgehead atoms. The molecule has 0 saturated carbocycles. The smallest absolute Gasteiger partial charge is 0.261 e. The maximum atomic E-state index is 12.6. The van der Waals surface area contributed by atoms with Gasteiger partial charge in [0.15, 0.2) is 5.78 Å². The summed E-state index contributed by atoms with van der Waals surface area (Å²) in [5, 5.41) is 3.19. The third kappa shape index (κ3) is 5.12. The van der Waals surface area contributed by atoms with Crippen molar-refractivity contribution in [2.75, 3.05) is 29.0 Å². The van der Waals surface area contributed by atoms with Gasteiger partial charge in [0.25, 0.3) is 10.0 Å². The number of aromatic nitrogens is 2. The van der Waals surface area contributed by atoms with Crippen molar-refractivity contribution in [3.8, 4) is 0 Å². The van der Waals surface area contributed by atoms with E-state index in [-0.39, 0.29) is 10.7 Å². The molecule has 0 atom stereocenters. The van der Waals surface area contributed by atoms with E-state index in [1.165, 1.54) is 31.2 Å². The lowest BCUT2D eigenvalue weighted by molar-refractivity contribution is 0.101. The number of nitrogens with one attached hydrogen (secondary N) is 2. The van der Waals surface area contributed by atoms with Crippen LogP contribution in [0.5, 0.6) is 0 Å². The van der Waals surface area contributed by atoms with Gasteiger partial charge in [0.05, 0.1) is 4.90 Å². The van der Waals surface area contributed by atoms with Crippen molar-refractivity contribution in [1.29, 1.82) is 0 Å². The minimum atomic E-state index is -3.76. The molecular weight excluding hydrogens is 402 g/mol. The third-order valence-corrected chi connectivity index (χ3v) is 5.66. The predicted octanol–water partition coefficient (Wildman–Crippen LogP) is 3.60. The van der Waals surface area contributed by atoms with Crippen LogP contribution in [0, 0.1) is 6.92 Å². The van der Waals surface area contributed by atoms with E-state index in [0.717, 1.165) is 11.5 Å². The number of benzene rings is 2. The van der Waals surface area contributed by atoms with Crippen LogP contribution >= 0.6 is 0 Å². The van der Waals surface area contributed by atoms with Gasteiger partial charge in [0.1, 0.15) is 17.5 Å². The first-order valence-corrected chi connectivity index (χ1v) is 10.7. The fourth-order valence-electron chi connectivity index (χ4n) is 2.70. The molecule has 3 aromatic rings. The van der Waals surface area contributed by atoms with Gasteiger partial charge in [-0.3, -0.25) is 9.52 Å². The second-order valence-corrected chi connectivity index (χ2v) is 8.62. The Morgan fingerprint density at radius 1 is 0.933 bits per heavy atom. The first kappa shape index (κ1) is 21.3. The van der Waals surface area contributed by atoms with Crippen LogP contribution < -0.4 is 14.9 Å². The molecule has 0 aliphatic carbocycles. The Morgan fingerprint density at radius 2 is 1.53 bits per heavy atom. The monoisotopic (exact) mass is 425 g/mol. The number of aryl methyl sites for hydroxylation is 1. The molecule has 0 fully saturated rings. The van der Waals surface area contributed by atoms with Gasteiger partial charge in [-0.15, -0.1) is 0 Å². The van der Waals surface area contributed by atoms with E-state index in [0.29, 0.717) is 22.9 Å². The van der Waals surface area contributed by atoms with Crippen molar-refractivity contribution in [3.05, 3.63) is 66.0 Å². The molecule has 1 aromatic heterocycles. The average molecular weight is 426 g/mol. The molecule has 30 heavy (non-hydrogen) atoms. The predicted molar refractivity (Wildman–Crippen MR) is 118 cm³/mol. The quantitative estimate of drug-likeness (QED) is 0.557. The van der Waals surface area contributed by atoms with Crippen molar-refractivity contribution >= 4 is 38.8 Å². The van der Waals surface area contributed by atoms with Crippen molar-refractivity contribution in [2.45, 2.75) is 18.7 Å². The first-order chi connectivity index (χ1) is 14.1. The Morgan fingerprint density at radius 3 is 2.10 bits per heavy atom. The zero-order valence-electron chi connectivity index (χ0n) is 17.2. The van der Waals surface area contributed by atoms with Crippen LogP contribution in [0.2, 0.25) is 0 Å². The van der Waals surface area contributed by atoms with Crippen LogP contribution in [0.25, 0.3) is 0 Å². The number of hydrogen-bond acceptors (Lipinski definition) is 7. The number of Topliss-reactive ketones (excluding diaryl/α,β-unsaturated/α-hetero) is 1. The summed E-state index contributed by atoms with van der Waals surface area (Å²) in [7, 11) is 0.0496. The topological polar surface area (TPSA) is 104 Å². The Bertz CT molecular complexity index is 1160. The van der Waals surface area contributed by atoms with Crippen molar-refractivity contribution in [1.82, 2.24) is 9.97 Å². The Labute approximate surface area is 176 Å². The minimum absolute atomic E-state index is 0.0855. The largest absolute Gasteiger partial charge is 0.363 e. The molecule has 2 N–H and O–H groups in total. The lowest BCUT2D eigenvalue weighted by Crippen LogP contribution is -2.13. The molecule has 156 valence electrons. The van der Waals surface area contributed by atoms with Crippen LogP contribution in [0.4, 0.5) is 23.0 Å². The summed E-state index contributed by atoms with van der Waals surface area (Å²) in [6.45, 7) is 3.25. The van der Waals surface area contributed by atoms with E-state index < -0.39 is 10.0 Å². The number of ketones is 1. The fourth-order valence-corrected chi connectivity index (χ4v) is 3.76. The molecule has 0 radical (unpaired) electrons. The van der Waals surface area contributed by atoms with Crippen LogP contribution in [-0.4, -0.2) is 38.3 Å². The Kier molecular flexibility index (Phi) is 6.02. The third-order valence-electron chi connectivity index (χ3n) is 4.26. The van der Waals surface area contributed by atoms with Crippen molar-refractivity contribution in [2.24, 2.45) is 0 Å². The second kappa shape index (κ2) is 8.50. The number of nitrogens with zero attached hydrogens (tertiary/aromatic N) is 3. The lowest BCUT2D eigenvalue weighted by atomic mass is 10.2. The van der Waals surface area contributed by atoms with Crippen LogP contribution in [0.1, 0.15) is 23.1 Å². The molecule has 0 saturated heterocycles. The second-order valence-electron chi connectivity index (χ2n) is 6.94. The maximum Gasteiger partial charge on any atom is 0.261 e. The van der Waals surface area contributed by atoms with Gasteiger partial charge in [-0.25, -0.2) is 18.4 Å². The molecule has 0 aliphatic heterocycles. The summed E-state index contributed by atoms with van der Waals surface area (Å²) in [5.74, 6) is 1.95. The Hall–Kier alpha value is -3.46. The van der Waals surface area contributed by atoms with Crippen LogP contribution in [0.3, 0.4) is 0 Å². The van der Waals surface area contributed by atoms with Gasteiger partial charge >= 0.3 is 0 Å². The zero-order chi connectivity index (χ0) is 21.9. The van der Waals surface area contributed by atoms with Gasteiger partial charge in [-0.2, -0.15) is 0 Å². The molecule has 0 aliphatic rings. The Balaban J connectivity index is 1.73. The lowest BCUT2D eigenvalue weighted by Gasteiger charge is -2.14. The first-order valence-electron chi connectivity index (χ1n) is 9.18. The molecule has 2 aromatic carbocycles. The summed E-state index contributed by atoms with van der Waals surface area (Å²) >= 11 is 0. The number of anilines is 4. The summed E-state index contributed by atoms with van der Waals surface area (Å²) in [5.41, 5.74) is 1.64. The number of rotatable bonds is 7. The van der Waals surface area contributed by atoms with Gasteiger partial charge < -0.3 is 10.2 Å². The fraction of sp³-hybridized carbons (Fsp3) is 0.190. The normalized spacial score (nSPS) is 11.1. The molecule has 0 unspecified atom stereocenters. The summed E-state index contributed by atoms with van der Waals surface area (Å²) in [6.07, 6.45) is 0. The van der Waals surface area contributed by atoms with Crippen LogP contribution in [0.15, 0.2) is 59.5 Å². The minimum Gasteiger partial charge on any atom is -0.363 e. The highest BCUT2D eigenvalue weighted by molar-refractivity contribution is 7.92. The van der Waals surface area contributed by atoms with Gasteiger partial charge in [-0.05, 0) is 50.2 Å². The number of sulfonamides is 1. The van der Waals surface area contributed by atoms with Gasteiger partial charge in [0.2, 0.25) is 0 Å². The average Bonchev–Trinajstić information content (AvgIpc) is 2.69. The van der Waals surface area contributed by atoms with Gasteiger partial charge in [-0.1, -0.05) is 12.1 Å². The SMILES string of the molecule is CC(=O)c1ccc(S(=O)(=O)Nc2ccc(Nc3cc(N(C)C)nc(C)n3)cc2)cc1. The molecule has 1 heterocycles. The molecule has 0 spiro atoms. The highest BCUT2D eigenvalue weighted by atomic mass is 32.2. The van der Waals surface area contributed by atoms with Crippen LogP contribution in [-0.2, 0) is 10.0 Å². The highest BCUT2D eigenvalue weighted by Crippen LogP contribution is 2.22. The molecule has 3 rings (SSSR count). The zero-order valence-corrected chi connectivity index (χ0v) is 18.0. The van der Waals surface area contributed by atoms with E-state index in [1.54, 1.807) is 24.3 Å². The molecular formula is C21H23N5O3S. The van der Waals surface area contributed by atoms with E-state index in [1.807, 2.05) is 32.0 Å². The summed E-state index contributed by atoms with van der Waals surface area (Å²) in [6, 6.07) is 14.5. The summed E-state index contributed by atoms with van der Waals surface area (Å²) in [4.78, 5) is 22.0. The number of hydrogen-bond donors (Lipinski definition) is 2. The number of carbonyl (C=O) groups excluding carboxylic acids is 1. The highest BCUT2D eigenvalue weighted by Gasteiger charge is 2.14. The van der Waals surface area contributed by atoms with Gasteiger partial charge in [0, 0.05) is 37.1 Å². The maximum absolute atomic E-state index is 12.6. The van der Waals surface area contributed by atoms with E-state index in [9.17, 15) is 13.2 Å². The van der Waals surface area contributed by atoms with E-state index >= 15 is 0 Å². The van der Waals surface area contributed by atoms with Crippen molar-refractivity contribution < 1.29 is 13.2 Å². The van der Waals surface area contributed by atoms with Crippen molar-refractivity contribution in [3.63, 3.8) is 0 Å². The summed E-state index contributed by atoms with van der Waals surface area (Å²) < 4.78 is 27.7. The molecule has 8 nitrogen and oxygen atoms in total.